The zero-order valence-electron chi connectivity index (χ0n) is 13.9. The van der Waals surface area contributed by atoms with E-state index in [1.807, 2.05) is 6.92 Å². The predicted octanol–water partition coefficient (Wildman–Crippen LogP) is 1.83. The van der Waals surface area contributed by atoms with E-state index in [9.17, 15) is 5.11 Å². The Morgan fingerprint density at radius 3 is 2.74 bits per heavy atom. The first-order chi connectivity index (χ1) is 11.1. The molecule has 3 rings (SSSR count). The Morgan fingerprint density at radius 1 is 1.30 bits per heavy atom. The molecule has 1 atom stereocenters. The van der Waals surface area contributed by atoms with Gasteiger partial charge in [0.2, 0.25) is 0 Å². The predicted molar refractivity (Wildman–Crippen MR) is 89.3 cm³/mol. The maximum absolute atomic E-state index is 9.98. The lowest BCUT2D eigenvalue weighted by molar-refractivity contribution is -0.134. The Labute approximate surface area is 137 Å². The summed E-state index contributed by atoms with van der Waals surface area (Å²) in [6, 6.07) is 8.45. The average molecular weight is 315 g/mol. The van der Waals surface area contributed by atoms with Crippen molar-refractivity contribution in [1.29, 1.82) is 0 Å². The van der Waals surface area contributed by atoms with Gasteiger partial charge in [-0.15, -0.1) is 0 Å². The lowest BCUT2D eigenvalue weighted by atomic mass is 9.92. The van der Waals surface area contributed by atoms with Gasteiger partial charge in [0, 0.05) is 31.7 Å². The van der Waals surface area contributed by atoms with Crippen molar-refractivity contribution < 1.29 is 9.84 Å². The van der Waals surface area contributed by atoms with Crippen LogP contribution < -0.4 is 0 Å². The Balaban J connectivity index is 1.70. The minimum absolute atomic E-state index is 0.0247. The van der Waals surface area contributed by atoms with E-state index in [1.165, 1.54) is 11.1 Å². The molecule has 0 saturated carbocycles. The number of imidazole rings is 1. The van der Waals surface area contributed by atoms with Crippen LogP contribution in [0.5, 0.6) is 0 Å². The first-order valence-corrected chi connectivity index (χ1v) is 8.12. The van der Waals surface area contributed by atoms with Crippen LogP contribution in [0.25, 0.3) is 0 Å². The normalized spacial score (nSPS) is 22.4. The van der Waals surface area contributed by atoms with Gasteiger partial charge in [0.25, 0.3) is 0 Å². The van der Waals surface area contributed by atoms with Crippen LogP contribution in [0.15, 0.2) is 30.6 Å². The number of aliphatic hydroxyl groups excluding tert-OH is 1. The number of morpholine rings is 1. The molecule has 124 valence electrons. The number of ether oxygens (including phenoxy) is 1. The van der Waals surface area contributed by atoms with Gasteiger partial charge in [-0.1, -0.05) is 29.8 Å². The summed E-state index contributed by atoms with van der Waals surface area (Å²) >= 11 is 0. The van der Waals surface area contributed by atoms with Crippen LogP contribution in [0.2, 0.25) is 0 Å². The quantitative estimate of drug-likeness (QED) is 0.884. The second kappa shape index (κ2) is 6.83. The number of nitrogens with one attached hydrogen (secondary N) is 1. The summed E-state index contributed by atoms with van der Waals surface area (Å²) in [6.45, 7) is 7.14. The van der Waals surface area contributed by atoms with Crippen molar-refractivity contribution in [2.24, 2.45) is 0 Å². The summed E-state index contributed by atoms with van der Waals surface area (Å²) in [6.07, 6.45) is 2.45. The van der Waals surface area contributed by atoms with E-state index < -0.39 is 5.60 Å². The van der Waals surface area contributed by atoms with Gasteiger partial charge in [-0.05, 0) is 19.4 Å². The topological polar surface area (TPSA) is 61.4 Å². The van der Waals surface area contributed by atoms with Crippen molar-refractivity contribution in [3.8, 4) is 0 Å². The number of hydrogen-bond acceptors (Lipinski definition) is 4. The largest absolute Gasteiger partial charge is 0.393 e. The Morgan fingerprint density at radius 2 is 2.09 bits per heavy atom. The number of aromatic amines is 1. The van der Waals surface area contributed by atoms with E-state index in [-0.39, 0.29) is 6.61 Å². The summed E-state index contributed by atoms with van der Waals surface area (Å²) in [4.78, 5) is 9.81. The van der Waals surface area contributed by atoms with Crippen LogP contribution in [0.3, 0.4) is 0 Å². The molecule has 0 aliphatic carbocycles. The van der Waals surface area contributed by atoms with Crippen molar-refractivity contribution in [3.05, 3.63) is 53.1 Å². The molecule has 1 aliphatic heterocycles. The summed E-state index contributed by atoms with van der Waals surface area (Å²) in [5.74, 6) is 0. The highest BCUT2D eigenvalue weighted by molar-refractivity contribution is 5.23. The Bertz CT molecular complexity index is 638. The fraction of sp³-hybridized carbons (Fsp3) is 0.500. The van der Waals surface area contributed by atoms with Crippen LogP contribution >= 0.6 is 0 Å². The molecule has 2 N–H and O–H groups in total. The fourth-order valence-corrected chi connectivity index (χ4v) is 3.15. The first kappa shape index (κ1) is 16.2. The van der Waals surface area contributed by atoms with Crippen LogP contribution in [-0.4, -0.2) is 51.9 Å². The van der Waals surface area contributed by atoms with Gasteiger partial charge in [-0.3, -0.25) is 4.90 Å². The van der Waals surface area contributed by atoms with Gasteiger partial charge in [-0.25, -0.2) is 4.98 Å². The molecule has 23 heavy (non-hydrogen) atoms. The molecule has 5 heteroatoms. The van der Waals surface area contributed by atoms with Gasteiger partial charge in [0.05, 0.1) is 25.2 Å². The summed E-state index contributed by atoms with van der Waals surface area (Å²) in [7, 11) is 0. The van der Waals surface area contributed by atoms with Gasteiger partial charge in [-0.2, -0.15) is 0 Å². The summed E-state index contributed by atoms with van der Waals surface area (Å²) in [5, 5.41) is 9.98. The number of hydrogen-bond donors (Lipinski definition) is 2. The Hall–Kier alpha value is -1.69. The highest BCUT2D eigenvalue weighted by Crippen LogP contribution is 2.24. The molecule has 2 aromatic rings. The van der Waals surface area contributed by atoms with E-state index >= 15 is 0 Å². The van der Waals surface area contributed by atoms with Gasteiger partial charge < -0.3 is 14.8 Å². The van der Waals surface area contributed by atoms with Crippen LogP contribution in [-0.2, 0) is 17.7 Å². The lowest BCUT2D eigenvalue weighted by Crippen LogP contribution is -2.55. The third kappa shape index (κ3) is 3.80. The van der Waals surface area contributed by atoms with E-state index in [2.05, 4.69) is 46.1 Å². The minimum atomic E-state index is -0.530. The molecule has 1 unspecified atom stereocenters. The number of benzene rings is 1. The van der Waals surface area contributed by atoms with E-state index in [0.29, 0.717) is 13.2 Å². The molecular formula is C18H25N3O2. The monoisotopic (exact) mass is 315 g/mol. The van der Waals surface area contributed by atoms with Crippen molar-refractivity contribution in [2.75, 3.05) is 26.3 Å². The molecule has 1 aromatic heterocycles. The van der Waals surface area contributed by atoms with E-state index in [0.717, 1.165) is 30.9 Å². The fourth-order valence-electron chi connectivity index (χ4n) is 3.15. The second-order valence-electron chi connectivity index (χ2n) is 6.54. The van der Waals surface area contributed by atoms with Crippen LogP contribution in [0.1, 0.15) is 22.5 Å². The van der Waals surface area contributed by atoms with Crippen LogP contribution in [0, 0.1) is 13.8 Å². The highest BCUT2D eigenvalue weighted by Gasteiger charge is 2.36. The number of rotatable bonds is 5. The standard InChI is InChI=1S/C18H25N3O2/c1-14-3-5-16(6-4-14)9-18(12-22)11-21(7-8-23-18)10-17-15(2)19-13-20-17/h3-6,13,22H,7-12H2,1-2H3,(H,19,20). The van der Waals surface area contributed by atoms with E-state index in [4.69, 9.17) is 4.74 Å². The maximum Gasteiger partial charge on any atom is 0.108 e. The molecule has 2 heterocycles. The first-order valence-electron chi connectivity index (χ1n) is 8.12. The molecule has 1 aromatic carbocycles. The smallest absolute Gasteiger partial charge is 0.108 e. The average Bonchev–Trinajstić information content (AvgIpc) is 2.95. The lowest BCUT2D eigenvalue weighted by Gasteiger charge is -2.41. The SMILES string of the molecule is Cc1ccc(CC2(CO)CN(Cc3nc[nH]c3C)CCO2)cc1. The zero-order valence-corrected chi connectivity index (χ0v) is 13.9. The minimum Gasteiger partial charge on any atom is -0.393 e. The van der Waals surface area contributed by atoms with Gasteiger partial charge in [0.15, 0.2) is 0 Å². The molecule has 0 amide bonds. The van der Waals surface area contributed by atoms with Crippen molar-refractivity contribution in [3.63, 3.8) is 0 Å². The number of H-pyrrole nitrogens is 1. The highest BCUT2D eigenvalue weighted by atomic mass is 16.5. The Kier molecular flexibility index (Phi) is 4.80. The third-order valence-corrected chi connectivity index (χ3v) is 4.57. The maximum atomic E-state index is 9.98. The zero-order chi connectivity index (χ0) is 16.3. The second-order valence-corrected chi connectivity index (χ2v) is 6.54. The van der Waals surface area contributed by atoms with Gasteiger partial charge in [0.1, 0.15) is 5.60 Å². The van der Waals surface area contributed by atoms with Gasteiger partial charge >= 0.3 is 0 Å². The number of aryl methyl sites for hydroxylation is 2. The van der Waals surface area contributed by atoms with Crippen LogP contribution in [0.4, 0.5) is 0 Å². The van der Waals surface area contributed by atoms with E-state index in [1.54, 1.807) is 6.33 Å². The molecule has 0 spiro atoms. The molecule has 1 aliphatic rings. The third-order valence-electron chi connectivity index (χ3n) is 4.57. The van der Waals surface area contributed by atoms with Crippen molar-refractivity contribution in [2.45, 2.75) is 32.4 Å². The summed E-state index contributed by atoms with van der Waals surface area (Å²) in [5.41, 5.74) is 4.07. The molecule has 5 nitrogen and oxygen atoms in total. The molecular weight excluding hydrogens is 290 g/mol. The van der Waals surface area contributed by atoms with Crippen molar-refractivity contribution >= 4 is 0 Å². The molecule has 0 bridgehead atoms. The van der Waals surface area contributed by atoms with Crippen molar-refractivity contribution in [1.82, 2.24) is 14.9 Å². The molecule has 0 radical (unpaired) electrons. The number of nitrogens with zero attached hydrogens (tertiary/aromatic N) is 2. The summed E-state index contributed by atoms with van der Waals surface area (Å²) < 4.78 is 6.01. The number of aliphatic hydroxyl groups is 1. The molecule has 1 fully saturated rings. The number of aromatic nitrogens is 2. The molecule has 1 saturated heterocycles.